The molecule has 2 aromatic heterocycles. The molecule has 0 aliphatic carbocycles. The summed E-state index contributed by atoms with van der Waals surface area (Å²) in [5.74, 6) is 0.701. The van der Waals surface area contributed by atoms with Crippen LogP contribution < -0.4 is 0 Å². The van der Waals surface area contributed by atoms with Gasteiger partial charge in [0.15, 0.2) is 5.82 Å². The molecule has 0 fully saturated rings. The summed E-state index contributed by atoms with van der Waals surface area (Å²) in [5, 5.41) is 9.43. The molecule has 256 valence electrons. The molecule has 0 aliphatic heterocycles. The maximum Gasteiger partial charge on any atom is 0.161 e. The molecule has 0 atom stereocenters. The van der Waals surface area contributed by atoms with E-state index in [1.54, 1.807) is 0 Å². The standard InChI is InChI=1S/C52H33N3/c1-3-16-34(17-4-1)38-22-11-12-25-41(38)47-33-48(45-28-15-27-44-42-26-13-14-29-49(42)55(51(44)45)37-20-5-2-6-21-37)54-52(53-47)50-40-24-10-8-19-36(40)32-46-39-23-9-7-18-35(39)30-31-43(46)50/h1-33H. The van der Waals surface area contributed by atoms with E-state index in [-0.39, 0.29) is 0 Å². The molecule has 0 N–H and O–H groups in total. The van der Waals surface area contributed by atoms with Gasteiger partial charge in [-0.1, -0.05) is 170 Å². The lowest BCUT2D eigenvalue weighted by atomic mass is 9.92. The van der Waals surface area contributed by atoms with Gasteiger partial charge in [-0.15, -0.1) is 0 Å². The van der Waals surface area contributed by atoms with Gasteiger partial charge < -0.3 is 4.57 Å². The van der Waals surface area contributed by atoms with Crippen LogP contribution in [-0.2, 0) is 0 Å². The lowest BCUT2D eigenvalue weighted by Crippen LogP contribution is -2.00. The van der Waals surface area contributed by atoms with Crippen LogP contribution in [0.15, 0.2) is 200 Å². The molecular weight excluding hydrogens is 667 g/mol. The molecule has 0 bridgehead atoms. The quantitative estimate of drug-likeness (QED) is 0.132. The van der Waals surface area contributed by atoms with Crippen LogP contribution in [0.2, 0.25) is 0 Å². The van der Waals surface area contributed by atoms with E-state index in [9.17, 15) is 0 Å². The second kappa shape index (κ2) is 12.6. The first kappa shape index (κ1) is 31.2. The van der Waals surface area contributed by atoms with E-state index in [4.69, 9.17) is 9.97 Å². The van der Waals surface area contributed by atoms with Crippen LogP contribution in [0.4, 0.5) is 0 Å². The summed E-state index contributed by atoms with van der Waals surface area (Å²) >= 11 is 0. The lowest BCUT2D eigenvalue weighted by Gasteiger charge is -2.17. The number of rotatable bonds is 5. The highest BCUT2D eigenvalue weighted by atomic mass is 15.0. The largest absolute Gasteiger partial charge is 0.309 e. The summed E-state index contributed by atoms with van der Waals surface area (Å²) in [4.78, 5) is 11.2. The Morgan fingerprint density at radius 1 is 0.345 bits per heavy atom. The van der Waals surface area contributed by atoms with Crippen molar-refractivity contribution < 1.29 is 0 Å². The number of aromatic nitrogens is 3. The number of fused-ring (bicyclic) bond motifs is 7. The molecule has 0 spiro atoms. The Kier molecular flexibility index (Phi) is 7.17. The average molecular weight is 700 g/mol. The van der Waals surface area contributed by atoms with E-state index in [0.29, 0.717) is 5.82 Å². The molecule has 0 unspecified atom stereocenters. The monoisotopic (exact) mass is 699 g/mol. The zero-order chi connectivity index (χ0) is 36.3. The minimum absolute atomic E-state index is 0.701. The maximum absolute atomic E-state index is 5.61. The van der Waals surface area contributed by atoms with Crippen LogP contribution in [0.5, 0.6) is 0 Å². The Hall–Kier alpha value is -7.36. The summed E-state index contributed by atoms with van der Waals surface area (Å²) in [6.07, 6.45) is 0. The van der Waals surface area contributed by atoms with Crippen LogP contribution in [0.3, 0.4) is 0 Å². The third-order valence-corrected chi connectivity index (χ3v) is 11.0. The Morgan fingerprint density at radius 2 is 0.945 bits per heavy atom. The topological polar surface area (TPSA) is 30.7 Å². The predicted octanol–water partition coefficient (Wildman–Crippen LogP) is 13.7. The van der Waals surface area contributed by atoms with Crippen molar-refractivity contribution in [2.75, 3.05) is 0 Å². The third-order valence-electron chi connectivity index (χ3n) is 11.0. The van der Waals surface area contributed by atoms with Gasteiger partial charge >= 0.3 is 0 Å². The van der Waals surface area contributed by atoms with Crippen molar-refractivity contribution in [2.24, 2.45) is 0 Å². The summed E-state index contributed by atoms with van der Waals surface area (Å²) in [5.41, 5.74) is 10.6. The lowest BCUT2D eigenvalue weighted by molar-refractivity contribution is 1.17. The van der Waals surface area contributed by atoms with Crippen molar-refractivity contribution in [1.82, 2.24) is 14.5 Å². The van der Waals surface area contributed by atoms with Crippen molar-refractivity contribution in [3.05, 3.63) is 200 Å². The highest BCUT2D eigenvalue weighted by molar-refractivity contribution is 6.20. The van der Waals surface area contributed by atoms with Gasteiger partial charge in [0, 0.05) is 33.2 Å². The van der Waals surface area contributed by atoms with Gasteiger partial charge in [-0.25, -0.2) is 9.97 Å². The van der Waals surface area contributed by atoms with Crippen molar-refractivity contribution in [1.29, 1.82) is 0 Å². The Balaban J connectivity index is 1.28. The Bertz CT molecular complexity index is 3250. The first-order valence-electron chi connectivity index (χ1n) is 18.8. The maximum atomic E-state index is 5.61. The van der Waals surface area contributed by atoms with E-state index in [0.717, 1.165) is 72.1 Å². The Morgan fingerprint density at radius 3 is 1.76 bits per heavy atom. The first-order valence-corrected chi connectivity index (χ1v) is 18.8. The molecule has 0 radical (unpaired) electrons. The smallest absolute Gasteiger partial charge is 0.161 e. The summed E-state index contributed by atoms with van der Waals surface area (Å²) in [7, 11) is 0. The SMILES string of the molecule is c1ccc(-c2ccccc2-c2cc(-c3cccc4c5ccccc5n(-c5ccccc5)c34)nc(-c3c4ccccc4cc4c3ccc3ccccc34)n2)cc1. The fourth-order valence-electron chi connectivity index (χ4n) is 8.54. The van der Waals surface area contributed by atoms with Gasteiger partial charge in [0.2, 0.25) is 0 Å². The van der Waals surface area contributed by atoms with Gasteiger partial charge in [-0.2, -0.15) is 0 Å². The number of hydrogen-bond acceptors (Lipinski definition) is 2. The molecule has 9 aromatic carbocycles. The second-order valence-corrected chi connectivity index (χ2v) is 14.1. The summed E-state index contributed by atoms with van der Waals surface area (Å²) in [6.45, 7) is 0. The number of nitrogens with zero attached hydrogens (tertiary/aromatic N) is 3. The number of benzene rings is 9. The molecule has 0 amide bonds. The van der Waals surface area contributed by atoms with Crippen LogP contribution in [-0.4, -0.2) is 14.5 Å². The van der Waals surface area contributed by atoms with Crippen molar-refractivity contribution in [3.8, 4) is 50.7 Å². The van der Waals surface area contributed by atoms with Crippen LogP contribution >= 0.6 is 0 Å². The van der Waals surface area contributed by atoms with Crippen molar-refractivity contribution in [3.63, 3.8) is 0 Å². The van der Waals surface area contributed by atoms with E-state index in [1.165, 1.54) is 26.9 Å². The molecular formula is C52H33N3. The normalized spacial score (nSPS) is 11.6. The van der Waals surface area contributed by atoms with E-state index in [2.05, 4.69) is 205 Å². The number of hydrogen-bond donors (Lipinski definition) is 0. The molecule has 55 heavy (non-hydrogen) atoms. The summed E-state index contributed by atoms with van der Waals surface area (Å²) in [6, 6.07) is 71.4. The van der Waals surface area contributed by atoms with Gasteiger partial charge in [-0.05, 0) is 73.8 Å². The molecule has 3 nitrogen and oxygen atoms in total. The van der Waals surface area contributed by atoms with E-state index >= 15 is 0 Å². The summed E-state index contributed by atoms with van der Waals surface area (Å²) < 4.78 is 2.39. The van der Waals surface area contributed by atoms with Crippen LogP contribution in [0.25, 0.3) is 105 Å². The fourth-order valence-corrected chi connectivity index (χ4v) is 8.54. The molecule has 0 saturated carbocycles. The zero-order valence-corrected chi connectivity index (χ0v) is 29.9. The highest BCUT2D eigenvalue weighted by Gasteiger charge is 2.22. The van der Waals surface area contributed by atoms with E-state index in [1.807, 2.05) is 0 Å². The van der Waals surface area contributed by atoms with Crippen molar-refractivity contribution in [2.45, 2.75) is 0 Å². The molecule has 11 aromatic rings. The molecule has 11 rings (SSSR count). The minimum atomic E-state index is 0.701. The minimum Gasteiger partial charge on any atom is -0.309 e. The Labute approximate surface area is 318 Å². The van der Waals surface area contributed by atoms with Crippen molar-refractivity contribution >= 4 is 54.1 Å². The van der Waals surface area contributed by atoms with Gasteiger partial charge in [0.25, 0.3) is 0 Å². The predicted molar refractivity (Wildman–Crippen MR) is 231 cm³/mol. The van der Waals surface area contributed by atoms with Gasteiger partial charge in [0.1, 0.15) is 0 Å². The highest BCUT2D eigenvalue weighted by Crippen LogP contribution is 2.43. The molecule has 2 heterocycles. The van der Waals surface area contributed by atoms with E-state index < -0.39 is 0 Å². The second-order valence-electron chi connectivity index (χ2n) is 14.1. The molecule has 0 aliphatic rings. The van der Waals surface area contributed by atoms with Crippen LogP contribution in [0.1, 0.15) is 0 Å². The molecule has 0 saturated heterocycles. The van der Waals surface area contributed by atoms with Gasteiger partial charge in [0.05, 0.1) is 22.4 Å². The van der Waals surface area contributed by atoms with Crippen LogP contribution in [0, 0.1) is 0 Å². The average Bonchev–Trinajstić information content (AvgIpc) is 3.60. The fraction of sp³-hybridized carbons (Fsp3) is 0. The van der Waals surface area contributed by atoms with Gasteiger partial charge in [-0.3, -0.25) is 0 Å². The number of para-hydroxylation sites is 3. The first-order chi connectivity index (χ1) is 27.3. The third kappa shape index (κ3) is 5.05. The zero-order valence-electron chi connectivity index (χ0n) is 29.9. The molecule has 3 heteroatoms.